The molecule has 0 spiro atoms. The Balaban J connectivity index is 2.49. The molecule has 0 aromatic carbocycles. The van der Waals surface area contributed by atoms with Gasteiger partial charge in [-0.05, 0) is 37.0 Å². The van der Waals surface area contributed by atoms with E-state index in [0.717, 1.165) is 25.7 Å². The summed E-state index contributed by atoms with van der Waals surface area (Å²) in [5.41, 5.74) is 2.61. The average Bonchev–Trinajstić information content (AvgIpc) is 2.26. The molecular formula is C13H26N2O2. The van der Waals surface area contributed by atoms with Crippen LogP contribution >= 0.6 is 0 Å². The molecule has 1 aliphatic rings. The Kier molecular flexibility index (Phi) is 4.95. The molecule has 1 saturated carbocycles. The van der Waals surface area contributed by atoms with E-state index in [-0.39, 0.29) is 17.9 Å². The molecule has 0 heterocycles. The first kappa shape index (κ1) is 14.5. The van der Waals surface area contributed by atoms with Gasteiger partial charge in [0, 0.05) is 0 Å². The minimum atomic E-state index is -0.425. The summed E-state index contributed by atoms with van der Waals surface area (Å²) in [6.07, 6.45) is 4.17. The van der Waals surface area contributed by atoms with Crippen LogP contribution in [0.4, 0.5) is 0 Å². The van der Waals surface area contributed by atoms with E-state index in [4.69, 9.17) is 10.6 Å². The van der Waals surface area contributed by atoms with E-state index < -0.39 is 6.10 Å². The number of nitrogens with one attached hydrogen (secondary N) is 1. The zero-order chi connectivity index (χ0) is 13.1. The van der Waals surface area contributed by atoms with Gasteiger partial charge in [-0.1, -0.05) is 27.7 Å². The fourth-order valence-electron chi connectivity index (χ4n) is 2.32. The van der Waals surface area contributed by atoms with Gasteiger partial charge in [-0.25, -0.2) is 5.84 Å². The number of hydrogen-bond acceptors (Lipinski definition) is 3. The lowest BCUT2D eigenvalue weighted by molar-refractivity contribution is -0.143. The first-order chi connectivity index (χ1) is 7.85. The first-order valence-corrected chi connectivity index (χ1v) is 6.51. The van der Waals surface area contributed by atoms with E-state index in [2.05, 4.69) is 19.3 Å². The molecule has 0 radical (unpaired) electrons. The van der Waals surface area contributed by atoms with E-state index in [1.54, 1.807) is 0 Å². The van der Waals surface area contributed by atoms with E-state index in [1.165, 1.54) is 0 Å². The lowest BCUT2D eigenvalue weighted by atomic mass is 9.76. The van der Waals surface area contributed by atoms with Crippen molar-refractivity contribution in [3.8, 4) is 0 Å². The number of hydrogen-bond donors (Lipinski definition) is 2. The minimum absolute atomic E-state index is 0.147. The van der Waals surface area contributed by atoms with Crippen molar-refractivity contribution in [2.24, 2.45) is 17.2 Å². The summed E-state index contributed by atoms with van der Waals surface area (Å²) in [6, 6.07) is 0. The molecule has 0 bridgehead atoms. The fourth-order valence-corrected chi connectivity index (χ4v) is 2.32. The highest BCUT2D eigenvalue weighted by Gasteiger charge is 2.31. The van der Waals surface area contributed by atoms with Gasteiger partial charge in [0.2, 0.25) is 0 Å². The van der Waals surface area contributed by atoms with Crippen molar-refractivity contribution >= 4 is 5.91 Å². The smallest absolute Gasteiger partial charge is 0.263 e. The Labute approximate surface area is 104 Å². The summed E-state index contributed by atoms with van der Waals surface area (Å²) in [6.45, 7) is 8.53. The van der Waals surface area contributed by atoms with Crippen LogP contribution in [0, 0.1) is 11.3 Å². The maximum atomic E-state index is 11.6. The normalized spacial score (nSPS) is 22.5. The molecule has 3 N–H and O–H groups in total. The number of amides is 1. The summed E-state index contributed by atoms with van der Waals surface area (Å²) in [5, 5.41) is 0. The SMILES string of the molecule is CC(C)C(OC1CCC(C)(C)CC1)C(=O)NN. The van der Waals surface area contributed by atoms with Gasteiger partial charge in [-0.15, -0.1) is 0 Å². The lowest BCUT2D eigenvalue weighted by Crippen LogP contribution is -2.45. The Hall–Kier alpha value is -0.610. The predicted octanol–water partition coefficient (Wildman–Crippen LogP) is 1.99. The highest BCUT2D eigenvalue weighted by molar-refractivity contribution is 5.80. The van der Waals surface area contributed by atoms with Crippen molar-refractivity contribution in [1.82, 2.24) is 5.43 Å². The van der Waals surface area contributed by atoms with Gasteiger partial charge in [-0.2, -0.15) is 0 Å². The second-order valence-corrected chi connectivity index (χ2v) is 6.17. The van der Waals surface area contributed by atoms with Gasteiger partial charge in [-0.3, -0.25) is 10.2 Å². The van der Waals surface area contributed by atoms with Crippen LogP contribution < -0.4 is 11.3 Å². The van der Waals surface area contributed by atoms with Crippen LogP contribution in [0.2, 0.25) is 0 Å². The standard InChI is InChI=1S/C13H26N2O2/c1-9(2)11(12(16)15-14)17-10-5-7-13(3,4)8-6-10/h9-11H,5-8,14H2,1-4H3,(H,15,16). The molecule has 0 saturated heterocycles. The van der Waals surface area contributed by atoms with Crippen molar-refractivity contribution < 1.29 is 9.53 Å². The molecule has 4 heteroatoms. The monoisotopic (exact) mass is 242 g/mol. The molecule has 0 aliphatic heterocycles. The zero-order valence-corrected chi connectivity index (χ0v) is 11.5. The quantitative estimate of drug-likeness (QED) is 0.450. The van der Waals surface area contributed by atoms with Crippen LogP contribution in [0.3, 0.4) is 0 Å². The summed E-state index contributed by atoms with van der Waals surface area (Å²) >= 11 is 0. The zero-order valence-electron chi connectivity index (χ0n) is 11.5. The van der Waals surface area contributed by atoms with Gasteiger partial charge in [0.1, 0.15) is 6.10 Å². The minimum Gasteiger partial charge on any atom is -0.365 e. The van der Waals surface area contributed by atoms with Crippen molar-refractivity contribution in [1.29, 1.82) is 0 Å². The fraction of sp³-hybridized carbons (Fsp3) is 0.923. The van der Waals surface area contributed by atoms with Crippen molar-refractivity contribution in [2.75, 3.05) is 0 Å². The first-order valence-electron chi connectivity index (χ1n) is 6.51. The van der Waals surface area contributed by atoms with Crippen LogP contribution in [0.25, 0.3) is 0 Å². The maximum absolute atomic E-state index is 11.6. The van der Waals surface area contributed by atoms with Crippen molar-refractivity contribution in [3.05, 3.63) is 0 Å². The van der Waals surface area contributed by atoms with Crippen LogP contribution in [-0.2, 0) is 9.53 Å². The number of carbonyl (C=O) groups excluding carboxylic acids is 1. The predicted molar refractivity (Wildman–Crippen MR) is 68.1 cm³/mol. The number of rotatable bonds is 4. The van der Waals surface area contributed by atoms with Gasteiger partial charge in [0.05, 0.1) is 6.10 Å². The molecule has 1 atom stereocenters. The number of hydrazine groups is 1. The second kappa shape index (κ2) is 5.83. The number of ether oxygens (including phenoxy) is 1. The van der Waals surface area contributed by atoms with Gasteiger partial charge >= 0.3 is 0 Å². The van der Waals surface area contributed by atoms with Gasteiger partial charge < -0.3 is 4.74 Å². The van der Waals surface area contributed by atoms with E-state index >= 15 is 0 Å². The molecule has 100 valence electrons. The third-order valence-electron chi connectivity index (χ3n) is 3.63. The largest absolute Gasteiger partial charge is 0.365 e. The third-order valence-corrected chi connectivity index (χ3v) is 3.63. The topological polar surface area (TPSA) is 64.3 Å². The number of nitrogens with two attached hydrogens (primary N) is 1. The van der Waals surface area contributed by atoms with Crippen LogP contribution in [0.15, 0.2) is 0 Å². The van der Waals surface area contributed by atoms with E-state index in [0.29, 0.717) is 5.41 Å². The Bertz CT molecular complexity index is 254. The molecule has 1 fully saturated rings. The highest BCUT2D eigenvalue weighted by Crippen LogP contribution is 2.36. The molecule has 1 unspecified atom stereocenters. The van der Waals surface area contributed by atoms with Crippen molar-refractivity contribution in [3.63, 3.8) is 0 Å². The Morgan fingerprint density at radius 1 is 1.35 bits per heavy atom. The molecule has 4 nitrogen and oxygen atoms in total. The lowest BCUT2D eigenvalue weighted by Gasteiger charge is -2.36. The molecule has 1 aliphatic carbocycles. The van der Waals surface area contributed by atoms with Crippen LogP contribution in [0.5, 0.6) is 0 Å². The summed E-state index contributed by atoms with van der Waals surface area (Å²) in [4.78, 5) is 11.6. The van der Waals surface area contributed by atoms with Crippen LogP contribution in [0.1, 0.15) is 53.4 Å². The summed E-state index contributed by atoms with van der Waals surface area (Å²) < 4.78 is 5.91. The molecule has 0 aromatic rings. The van der Waals surface area contributed by atoms with Crippen LogP contribution in [-0.4, -0.2) is 18.1 Å². The van der Waals surface area contributed by atoms with Gasteiger partial charge in [0.15, 0.2) is 0 Å². The van der Waals surface area contributed by atoms with Crippen molar-refractivity contribution in [2.45, 2.75) is 65.6 Å². The molecule has 0 aromatic heterocycles. The molecular weight excluding hydrogens is 216 g/mol. The molecule has 1 rings (SSSR count). The third kappa shape index (κ3) is 4.28. The van der Waals surface area contributed by atoms with Gasteiger partial charge in [0.25, 0.3) is 5.91 Å². The average molecular weight is 242 g/mol. The van der Waals surface area contributed by atoms with E-state index in [1.807, 2.05) is 13.8 Å². The highest BCUT2D eigenvalue weighted by atomic mass is 16.5. The number of carbonyl (C=O) groups is 1. The Morgan fingerprint density at radius 2 is 1.88 bits per heavy atom. The molecule has 17 heavy (non-hydrogen) atoms. The van der Waals surface area contributed by atoms with E-state index in [9.17, 15) is 4.79 Å². The maximum Gasteiger partial charge on any atom is 0.263 e. The second-order valence-electron chi connectivity index (χ2n) is 6.17. The molecule has 1 amide bonds. The summed E-state index contributed by atoms with van der Waals surface area (Å²) in [5.74, 6) is 5.11. The Morgan fingerprint density at radius 3 is 2.29 bits per heavy atom. The summed E-state index contributed by atoms with van der Waals surface area (Å²) in [7, 11) is 0.